The number of piperidine rings is 1. The number of hydrogen-bond donors (Lipinski definition) is 1. The fourth-order valence-electron chi connectivity index (χ4n) is 3.15. The summed E-state index contributed by atoms with van der Waals surface area (Å²) in [4.78, 5) is 0. The van der Waals surface area contributed by atoms with Crippen LogP contribution >= 0.6 is 0 Å². The predicted molar refractivity (Wildman–Crippen MR) is 94.4 cm³/mol. The van der Waals surface area contributed by atoms with Crippen molar-refractivity contribution in [2.45, 2.75) is 26.1 Å². The summed E-state index contributed by atoms with van der Waals surface area (Å²) in [6.07, 6.45) is -2.85. The summed E-state index contributed by atoms with van der Waals surface area (Å²) in [6, 6.07) is 12.3. The van der Waals surface area contributed by atoms with Crippen LogP contribution in [0.25, 0.3) is 11.1 Å². The normalized spacial score (nSPS) is 15.7. The van der Waals surface area contributed by atoms with Gasteiger partial charge in [0.25, 0.3) is 0 Å². The summed E-state index contributed by atoms with van der Waals surface area (Å²) in [7, 11) is 0. The van der Waals surface area contributed by atoms with Gasteiger partial charge >= 0.3 is 6.36 Å². The van der Waals surface area contributed by atoms with Crippen molar-refractivity contribution in [3.05, 3.63) is 48.0 Å². The molecule has 1 aliphatic rings. The highest BCUT2D eigenvalue weighted by atomic mass is 19.4. The van der Waals surface area contributed by atoms with Gasteiger partial charge in [0.1, 0.15) is 0 Å². The minimum atomic E-state index is -4.75. The van der Waals surface area contributed by atoms with Crippen LogP contribution in [0.15, 0.2) is 42.5 Å². The van der Waals surface area contributed by atoms with Crippen LogP contribution in [0.5, 0.6) is 11.5 Å². The summed E-state index contributed by atoms with van der Waals surface area (Å²) in [5.74, 6) is 0.155. The van der Waals surface area contributed by atoms with Crippen molar-refractivity contribution in [3.8, 4) is 22.6 Å². The van der Waals surface area contributed by atoms with Gasteiger partial charge in [0.2, 0.25) is 0 Å². The fraction of sp³-hybridized carbons (Fsp3) is 0.400. The zero-order valence-electron chi connectivity index (χ0n) is 14.6. The molecule has 0 amide bonds. The van der Waals surface area contributed by atoms with Crippen LogP contribution in [0.4, 0.5) is 13.2 Å². The largest absolute Gasteiger partial charge is 0.573 e. The molecular formula is C20H22F3NO2. The zero-order valence-corrected chi connectivity index (χ0v) is 14.6. The highest BCUT2D eigenvalue weighted by Crippen LogP contribution is 2.37. The molecule has 0 spiro atoms. The highest BCUT2D eigenvalue weighted by molar-refractivity contribution is 5.70. The van der Waals surface area contributed by atoms with E-state index >= 15 is 0 Å². The first-order valence-electron chi connectivity index (χ1n) is 8.72. The van der Waals surface area contributed by atoms with Gasteiger partial charge in [-0.1, -0.05) is 30.3 Å². The fourth-order valence-corrected chi connectivity index (χ4v) is 3.15. The molecule has 0 aliphatic carbocycles. The van der Waals surface area contributed by atoms with Gasteiger partial charge in [0.05, 0.1) is 6.61 Å². The Morgan fingerprint density at radius 2 is 1.77 bits per heavy atom. The molecule has 1 heterocycles. The second-order valence-electron chi connectivity index (χ2n) is 6.53. The standard InChI is InChI=1S/C20H22F3NO2/c1-14-4-2-3-5-17(14)16-6-7-18(26-20(21,22)23)19(12-16)25-13-15-8-10-24-11-9-15/h2-7,12,15,24H,8-11,13H2,1H3. The van der Waals surface area contributed by atoms with E-state index in [0.717, 1.165) is 42.6 Å². The Morgan fingerprint density at radius 3 is 2.46 bits per heavy atom. The Morgan fingerprint density at radius 1 is 1.04 bits per heavy atom. The first kappa shape index (κ1) is 18.6. The number of rotatable bonds is 5. The maximum Gasteiger partial charge on any atom is 0.573 e. The van der Waals surface area contributed by atoms with Gasteiger partial charge in [-0.15, -0.1) is 13.2 Å². The third-order valence-corrected chi connectivity index (χ3v) is 4.56. The molecule has 6 heteroatoms. The second-order valence-corrected chi connectivity index (χ2v) is 6.53. The van der Waals surface area contributed by atoms with Crippen molar-refractivity contribution in [1.82, 2.24) is 5.32 Å². The molecule has 26 heavy (non-hydrogen) atoms. The van der Waals surface area contributed by atoms with E-state index in [4.69, 9.17) is 4.74 Å². The van der Waals surface area contributed by atoms with Gasteiger partial charge in [-0.05, 0) is 67.6 Å². The smallest absolute Gasteiger partial charge is 0.489 e. The Labute approximate surface area is 151 Å². The van der Waals surface area contributed by atoms with Crippen molar-refractivity contribution in [2.75, 3.05) is 19.7 Å². The predicted octanol–water partition coefficient (Wildman–Crippen LogP) is 4.94. The van der Waals surface area contributed by atoms with Gasteiger partial charge in [-0.2, -0.15) is 0 Å². The first-order valence-corrected chi connectivity index (χ1v) is 8.72. The van der Waals surface area contributed by atoms with Crippen LogP contribution in [0, 0.1) is 12.8 Å². The quantitative estimate of drug-likeness (QED) is 0.814. The Hall–Kier alpha value is -2.21. The molecule has 0 saturated carbocycles. The van der Waals surface area contributed by atoms with Gasteiger partial charge in [-0.3, -0.25) is 0 Å². The lowest BCUT2D eigenvalue weighted by atomic mass is 9.99. The number of hydrogen-bond acceptors (Lipinski definition) is 3. The number of benzene rings is 2. The van der Waals surface area contributed by atoms with Gasteiger partial charge < -0.3 is 14.8 Å². The van der Waals surface area contributed by atoms with Crippen LogP contribution in [-0.2, 0) is 0 Å². The molecule has 0 atom stereocenters. The molecule has 3 nitrogen and oxygen atoms in total. The summed E-state index contributed by atoms with van der Waals surface area (Å²) in [5, 5.41) is 3.26. The SMILES string of the molecule is Cc1ccccc1-c1ccc(OC(F)(F)F)c(OCC2CCNCC2)c1. The highest BCUT2D eigenvalue weighted by Gasteiger charge is 2.32. The molecule has 1 fully saturated rings. The molecule has 0 unspecified atom stereocenters. The van der Waals surface area contributed by atoms with E-state index in [9.17, 15) is 13.2 Å². The lowest BCUT2D eigenvalue weighted by Crippen LogP contribution is -2.30. The maximum absolute atomic E-state index is 12.7. The summed E-state index contributed by atoms with van der Waals surface area (Å²) >= 11 is 0. The van der Waals surface area contributed by atoms with E-state index in [1.54, 1.807) is 12.1 Å². The number of nitrogens with one attached hydrogen (secondary N) is 1. The van der Waals surface area contributed by atoms with Crippen LogP contribution in [-0.4, -0.2) is 26.1 Å². The third-order valence-electron chi connectivity index (χ3n) is 4.56. The molecule has 0 aromatic heterocycles. The molecule has 2 aromatic rings. The molecule has 1 N–H and O–H groups in total. The number of alkyl halides is 3. The van der Waals surface area contributed by atoms with Crippen LogP contribution in [0.2, 0.25) is 0 Å². The zero-order chi connectivity index (χ0) is 18.6. The van der Waals surface area contributed by atoms with Crippen molar-refractivity contribution < 1.29 is 22.6 Å². The average molecular weight is 365 g/mol. The van der Waals surface area contributed by atoms with Gasteiger partial charge in [-0.25, -0.2) is 0 Å². The molecule has 2 aromatic carbocycles. The van der Waals surface area contributed by atoms with Crippen LogP contribution < -0.4 is 14.8 Å². The maximum atomic E-state index is 12.7. The van der Waals surface area contributed by atoms with E-state index in [1.807, 2.05) is 31.2 Å². The van der Waals surface area contributed by atoms with E-state index in [2.05, 4.69) is 10.1 Å². The number of ether oxygens (including phenoxy) is 2. The van der Waals surface area contributed by atoms with E-state index in [1.165, 1.54) is 6.07 Å². The van der Waals surface area contributed by atoms with Crippen molar-refractivity contribution in [1.29, 1.82) is 0 Å². The van der Waals surface area contributed by atoms with Crippen molar-refractivity contribution >= 4 is 0 Å². The van der Waals surface area contributed by atoms with Crippen LogP contribution in [0.3, 0.4) is 0 Å². The summed E-state index contributed by atoms with van der Waals surface area (Å²) < 4.78 is 48.1. The number of halogens is 3. The lowest BCUT2D eigenvalue weighted by Gasteiger charge is -2.23. The summed E-state index contributed by atoms with van der Waals surface area (Å²) in [5.41, 5.74) is 2.80. The minimum absolute atomic E-state index is 0.126. The molecule has 0 radical (unpaired) electrons. The van der Waals surface area contributed by atoms with Gasteiger partial charge in [0, 0.05) is 0 Å². The first-order chi connectivity index (χ1) is 12.4. The molecule has 1 saturated heterocycles. The van der Waals surface area contributed by atoms with Crippen molar-refractivity contribution in [2.24, 2.45) is 5.92 Å². The topological polar surface area (TPSA) is 30.5 Å². The monoisotopic (exact) mass is 365 g/mol. The molecule has 0 bridgehead atoms. The number of aryl methyl sites for hydroxylation is 1. The van der Waals surface area contributed by atoms with E-state index in [0.29, 0.717) is 12.5 Å². The average Bonchev–Trinajstić information content (AvgIpc) is 2.61. The Balaban J connectivity index is 1.86. The minimum Gasteiger partial charge on any atom is -0.489 e. The molecule has 140 valence electrons. The second kappa shape index (κ2) is 7.99. The van der Waals surface area contributed by atoms with E-state index in [-0.39, 0.29) is 11.5 Å². The van der Waals surface area contributed by atoms with Crippen LogP contribution in [0.1, 0.15) is 18.4 Å². The van der Waals surface area contributed by atoms with E-state index < -0.39 is 6.36 Å². The summed E-state index contributed by atoms with van der Waals surface area (Å²) in [6.45, 7) is 4.16. The Bertz CT molecular complexity index is 740. The molecular weight excluding hydrogens is 343 g/mol. The Kier molecular flexibility index (Phi) is 5.71. The molecule has 3 rings (SSSR count). The third kappa shape index (κ3) is 4.91. The van der Waals surface area contributed by atoms with Crippen molar-refractivity contribution in [3.63, 3.8) is 0 Å². The lowest BCUT2D eigenvalue weighted by molar-refractivity contribution is -0.275. The molecule has 1 aliphatic heterocycles. The van der Waals surface area contributed by atoms with Gasteiger partial charge in [0.15, 0.2) is 11.5 Å².